The molecule has 0 fully saturated rings. The molecule has 0 aliphatic carbocycles. The van der Waals surface area contributed by atoms with Crippen LogP contribution < -0.4 is 10.2 Å². The number of anilines is 1. The zero-order chi connectivity index (χ0) is 19.8. The third kappa shape index (κ3) is 3.33. The second-order valence-electron chi connectivity index (χ2n) is 6.45. The topological polar surface area (TPSA) is 86.8 Å². The lowest BCUT2D eigenvalue weighted by Gasteiger charge is -2.24. The maximum absolute atomic E-state index is 13.1. The van der Waals surface area contributed by atoms with Gasteiger partial charge in [0.15, 0.2) is 0 Å². The van der Waals surface area contributed by atoms with Gasteiger partial charge in [-0.25, -0.2) is 12.7 Å². The molecule has 2 aromatic rings. The number of benzene rings is 2. The van der Waals surface area contributed by atoms with E-state index < -0.39 is 16.1 Å². The highest BCUT2D eigenvalue weighted by Crippen LogP contribution is 2.33. The van der Waals surface area contributed by atoms with E-state index in [0.29, 0.717) is 17.7 Å². The first-order chi connectivity index (χ1) is 12.8. The first kappa shape index (κ1) is 19.1. The van der Waals surface area contributed by atoms with Crippen molar-refractivity contribution in [2.75, 3.05) is 26.0 Å². The number of carbonyl (C=O) groups excluding carboxylic acids is 2. The minimum Gasteiger partial charge on any atom is -0.357 e. The fourth-order valence-corrected chi connectivity index (χ4v) is 4.03. The highest BCUT2D eigenvalue weighted by atomic mass is 32.2. The number of nitrogens with zero attached hydrogens (tertiary/aromatic N) is 2. The Hall–Kier alpha value is -2.71. The Bertz CT molecular complexity index is 984. The molecule has 8 heteroatoms. The predicted molar refractivity (Wildman–Crippen MR) is 102 cm³/mol. The van der Waals surface area contributed by atoms with E-state index in [1.165, 1.54) is 50.3 Å². The summed E-state index contributed by atoms with van der Waals surface area (Å²) < 4.78 is 25.5. The normalized spacial score (nSPS) is 16.3. The zero-order valence-corrected chi connectivity index (χ0v) is 16.2. The molecule has 1 unspecified atom stereocenters. The highest BCUT2D eigenvalue weighted by Gasteiger charge is 2.38. The molecular formula is C19H21N3O4S. The van der Waals surface area contributed by atoms with Gasteiger partial charge < -0.3 is 5.32 Å². The third-order valence-electron chi connectivity index (χ3n) is 4.62. The second-order valence-corrected chi connectivity index (χ2v) is 8.60. The van der Waals surface area contributed by atoms with Gasteiger partial charge in [-0.15, -0.1) is 0 Å². The molecule has 7 nitrogen and oxygen atoms in total. The van der Waals surface area contributed by atoms with Crippen LogP contribution >= 0.6 is 0 Å². The number of rotatable bonds is 4. The molecule has 3 rings (SSSR count). The maximum atomic E-state index is 13.1. The SMILES string of the molecule is CNC(=O)C1Cc2ccccc2N1C(=O)c1ccc(S(=O)(=O)N(C)C)cc1. The molecule has 1 N–H and O–H groups in total. The van der Waals surface area contributed by atoms with Crippen LogP contribution in [0.3, 0.4) is 0 Å². The summed E-state index contributed by atoms with van der Waals surface area (Å²) in [4.78, 5) is 27.0. The van der Waals surface area contributed by atoms with Crippen molar-refractivity contribution in [3.05, 3.63) is 59.7 Å². The van der Waals surface area contributed by atoms with Gasteiger partial charge in [-0.1, -0.05) is 18.2 Å². The Labute approximate surface area is 158 Å². The van der Waals surface area contributed by atoms with Crippen LogP contribution in [0.2, 0.25) is 0 Å². The number of carbonyl (C=O) groups is 2. The minimum atomic E-state index is -3.57. The number of sulfonamides is 1. The molecule has 2 aromatic carbocycles. The van der Waals surface area contributed by atoms with Crippen LogP contribution in [-0.2, 0) is 21.2 Å². The third-order valence-corrected chi connectivity index (χ3v) is 6.45. The monoisotopic (exact) mass is 387 g/mol. The molecule has 1 aliphatic heterocycles. The summed E-state index contributed by atoms with van der Waals surface area (Å²) in [6.07, 6.45) is 0.439. The first-order valence-electron chi connectivity index (χ1n) is 8.43. The van der Waals surface area contributed by atoms with Crippen molar-refractivity contribution < 1.29 is 18.0 Å². The first-order valence-corrected chi connectivity index (χ1v) is 9.87. The summed E-state index contributed by atoms with van der Waals surface area (Å²) in [7, 11) is 0.862. The van der Waals surface area contributed by atoms with E-state index in [4.69, 9.17) is 0 Å². The van der Waals surface area contributed by atoms with E-state index in [1.54, 1.807) is 6.07 Å². The lowest BCUT2D eigenvalue weighted by atomic mass is 10.1. The summed E-state index contributed by atoms with van der Waals surface area (Å²) in [5.74, 6) is -0.589. The van der Waals surface area contributed by atoms with Gasteiger partial charge in [-0.2, -0.15) is 0 Å². The van der Waals surface area contributed by atoms with Crippen molar-refractivity contribution in [2.24, 2.45) is 0 Å². The van der Waals surface area contributed by atoms with Crippen molar-refractivity contribution in [3.63, 3.8) is 0 Å². The van der Waals surface area contributed by atoms with E-state index >= 15 is 0 Å². The van der Waals surface area contributed by atoms with Crippen molar-refractivity contribution in [3.8, 4) is 0 Å². The Morgan fingerprint density at radius 1 is 1.07 bits per heavy atom. The van der Waals surface area contributed by atoms with Gasteiger partial charge in [0, 0.05) is 38.8 Å². The van der Waals surface area contributed by atoms with E-state index in [1.807, 2.05) is 18.2 Å². The number of nitrogens with one attached hydrogen (secondary N) is 1. The quantitative estimate of drug-likeness (QED) is 0.856. The molecule has 2 amide bonds. The van der Waals surface area contributed by atoms with Crippen molar-refractivity contribution in [2.45, 2.75) is 17.4 Å². The highest BCUT2D eigenvalue weighted by molar-refractivity contribution is 7.89. The molecule has 0 aromatic heterocycles. The van der Waals surface area contributed by atoms with Crippen LogP contribution in [0.25, 0.3) is 0 Å². The molecule has 1 atom stereocenters. The van der Waals surface area contributed by atoms with Crippen LogP contribution in [0, 0.1) is 0 Å². The van der Waals surface area contributed by atoms with Crippen LogP contribution in [0.1, 0.15) is 15.9 Å². The number of hydrogen-bond acceptors (Lipinski definition) is 4. The fourth-order valence-electron chi connectivity index (χ4n) is 3.13. The molecule has 0 saturated carbocycles. The molecule has 1 heterocycles. The van der Waals surface area contributed by atoms with Gasteiger partial charge in [-0.3, -0.25) is 14.5 Å². The summed E-state index contributed by atoms with van der Waals surface area (Å²) in [6, 6.07) is 12.5. The number of hydrogen-bond donors (Lipinski definition) is 1. The fraction of sp³-hybridized carbons (Fsp3) is 0.263. The molecular weight excluding hydrogens is 366 g/mol. The van der Waals surface area contributed by atoms with Crippen LogP contribution in [0.15, 0.2) is 53.4 Å². The van der Waals surface area contributed by atoms with E-state index in [9.17, 15) is 18.0 Å². The van der Waals surface area contributed by atoms with E-state index in [-0.39, 0.29) is 16.7 Å². The van der Waals surface area contributed by atoms with Crippen molar-refractivity contribution in [1.82, 2.24) is 9.62 Å². The summed E-state index contributed by atoms with van der Waals surface area (Å²) >= 11 is 0. The second kappa shape index (κ2) is 7.13. The number of fused-ring (bicyclic) bond motifs is 1. The summed E-state index contributed by atoms with van der Waals surface area (Å²) in [5, 5.41) is 2.60. The van der Waals surface area contributed by atoms with Gasteiger partial charge in [0.2, 0.25) is 15.9 Å². The Morgan fingerprint density at radius 3 is 2.30 bits per heavy atom. The molecule has 0 bridgehead atoms. The standard InChI is InChI=1S/C19H21N3O4S/c1-20-18(23)17-12-14-6-4-5-7-16(14)22(17)19(24)13-8-10-15(11-9-13)27(25,26)21(2)3/h4-11,17H,12H2,1-3H3,(H,20,23). The van der Waals surface area contributed by atoms with Crippen molar-refractivity contribution >= 4 is 27.5 Å². The average molecular weight is 387 g/mol. The molecule has 0 spiro atoms. The van der Waals surface area contributed by atoms with Gasteiger partial charge in [0.05, 0.1) is 4.90 Å². The maximum Gasteiger partial charge on any atom is 0.259 e. The minimum absolute atomic E-state index is 0.105. The molecule has 27 heavy (non-hydrogen) atoms. The predicted octanol–water partition coefficient (Wildman–Crippen LogP) is 1.25. The molecule has 0 saturated heterocycles. The van der Waals surface area contributed by atoms with Crippen LogP contribution in [0.5, 0.6) is 0 Å². The van der Waals surface area contributed by atoms with Crippen LogP contribution in [-0.4, -0.2) is 51.7 Å². The van der Waals surface area contributed by atoms with Gasteiger partial charge in [0.1, 0.15) is 6.04 Å². The summed E-state index contributed by atoms with van der Waals surface area (Å²) in [5.41, 5.74) is 1.94. The number of amides is 2. The van der Waals surface area contributed by atoms with E-state index in [2.05, 4.69) is 5.32 Å². The number of para-hydroxylation sites is 1. The molecule has 142 valence electrons. The van der Waals surface area contributed by atoms with Gasteiger partial charge >= 0.3 is 0 Å². The van der Waals surface area contributed by atoms with E-state index in [0.717, 1.165) is 9.87 Å². The van der Waals surface area contributed by atoms with Crippen molar-refractivity contribution in [1.29, 1.82) is 0 Å². The molecule has 0 radical (unpaired) electrons. The Morgan fingerprint density at radius 2 is 1.70 bits per heavy atom. The Kier molecular flexibility index (Phi) is 5.03. The lowest BCUT2D eigenvalue weighted by molar-refractivity contribution is -0.121. The lowest BCUT2D eigenvalue weighted by Crippen LogP contribution is -2.47. The van der Waals surface area contributed by atoms with Crippen LogP contribution in [0.4, 0.5) is 5.69 Å². The average Bonchev–Trinajstić information content (AvgIpc) is 3.06. The summed E-state index contributed by atoms with van der Waals surface area (Å²) in [6.45, 7) is 0. The Balaban J connectivity index is 1.97. The largest absolute Gasteiger partial charge is 0.357 e. The smallest absolute Gasteiger partial charge is 0.259 e. The van der Waals surface area contributed by atoms with Gasteiger partial charge in [0.25, 0.3) is 5.91 Å². The molecule has 1 aliphatic rings. The van der Waals surface area contributed by atoms with Gasteiger partial charge in [-0.05, 0) is 35.9 Å². The zero-order valence-electron chi connectivity index (χ0n) is 15.3. The number of likely N-dealkylation sites (N-methyl/N-ethyl adjacent to an activating group) is 1.